The van der Waals surface area contributed by atoms with E-state index in [2.05, 4.69) is 44.3 Å². The second kappa shape index (κ2) is 5.94. The Morgan fingerprint density at radius 1 is 1.12 bits per heavy atom. The number of fused-ring (bicyclic) bond motifs is 3. The third kappa shape index (κ3) is 2.90. The molecule has 0 spiro atoms. The summed E-state index contributed by atoms with van der Waals surface area (Å²) in [4.78, 5) is 6.03. The second-order valence-corrected chi connectivity index (χ2v) is 9.22. The molecular weight excluding hydrogens is 375 g/mol. The molecular formula is C19H16ClFN2S2. The number of anilines is 1. The zero-order valence-electron chi connectivity index (χ0n) is 14.0. The molecule has 1 N–H and O–H groups in total. The molecule has 3 aromatic rings. The summed E-state index contributed by atoms with van der Waals surface area (Å²) in [5, 5.41) is 3.71. The van der Waals surface area contributed by atoms with Gasteiger partial charge in [-0.25, -0.2) is 9.38 Å². The third-order valence-corrected chi connectivity index (χ3v) is 7.17. The van der Waals surface area contributed by atoms with Crippen LogP contribution in [0.25, 0.3) is 11.1 Å². The average molecular weight is 391 g/mol. The first-order chi connectivity index (χ1) is 11.8. The lowest BCUT2D eigenvalue weighted by molar-refractivity contribution is 0.619. The fraction of sp³-hybridized carbons (Fsp3) is 0.211. The van der Waals surface area contributed by atoms with Crippen molar-refractivity contribution in [1.29, 1.82) is 0 Å². The molecule has 0 atom stereocenters. The van der Waals surface area contributed by atoms with Gasteiger partial charge in [0.25, 0.3) is 0 Å². The molecule has 0 saturated carbocycles. The fourth-order valence-electron chi connectivity index (χ4n) is 3.03. The molecule has 0 amide bonds. The molecule has 1 aliphatic rings. The van der Waals surface area contributed by atoms with Gasteiger partial charge in [-0.15, -0.1) is 0 Å². The van der Waals surface area contributed by atoms with Gasteiger partial charge in [-0.3, -0.25) is 0 Å². The highest BCUT2D eigenvalue weighted by Crippen LogP contribution is 2.45. The van der Waals surface area contributed by atoms with Gasteiger partial charge in [0.2, 0.25) is 0 Å². The Hall–Kier alpha value is -1.69. The third-order valence-electron chi connectivity index (χ3n) is 4.24. The van der Waals surface area contributed by atoms with Crippen LogP contribution >= 0.6 is 32.3 Å². The molecule has 0 saturated heterocycles. The summed E-state index contributed by atoms with van der Waals surface area (Å²) in [5.41, 5.74) is 5.15. The van der Waals surface area contributed by atoms with Crippen molar-refractivity contribution in [2.24, 2.45) is 4.99 Å². The number of rotatable bonds is 1. The van der Waals surface area contributed by atoms with Gasteiger partial charge >= 0.3 is 0 Å². The zero-order chi connectivity index (χ0) is 17.8. The van der Waals surface area contributed by atoms with E-state index in [1.807, 2.05) is 0 Å². The van der Waals surface area contributed by atoms with Crippen LogP contribution in [0, 0.1) is 12.7 Å². The van der Waals surface area contributed by atoms with Crippen LogP contribution in [-0.2, 0) is 5.54 Å². The minimum atomic E-state index is -0.428. The van der Waals surface area contributed by atoms with Crippen LogP contribution in [0.4, 0.5) is 15.8 Å². The van der Waals surface area contributed by atoms with Crippen molar-refractivity contribution < 1.29 is 4.39 Å². The molecule has 1 aromatic heterocycles. The number of benzene rings is 2. The number of hydrogen-bond acceptors (Lipinski definition) is 4. The van der Waals surface area contributed by atoms with E-state index in [1.165, 1.54) is 22.1 Å². The molecule has 0 unspecified atom stereocenters. The first kappa shape index (κ1) is 16.8. The monoisotopic (exact) mass is 390 g/mol. The Bertz CT molecular complexity index is 1050. The number of nitrogens with zero attached hydrogens (tertiary/aromatic N) is 1. The van der Waals surface area contributed by atoms with E-state index in [4.69, 9.17) is 16.6 Å². The van der Waals surface area contributed by atoms with Crippen molar-refractivity contribution in [2.45, 2.75) is 26.3 Å². The maximum Gasteiger partial charge on any atom is 0.141 e. The minimum Gasteiger partial charge on any atom is -0.375 e. The van der Waals surface area contributed by atoms with E-state index in [0.29, 0.717) is 5.69 Å². The smallest absolute Gasteiger partial charge is 0.141 e. The van der Waals surface area contributed by atoms with E-state index in [0.717, 1.165) is 15.9 Å². The normalized spacial score (nSPS) is 15.5. The Morgan fingerprint density at radius 3 is 2.68 bits per heavy atom. The lowest BCUT2D eigenvalue weighted by Crippen LogP contribution is -2.31. The van der Waals surface area contributed by atoms with Gasteiger partial charge < -0.3 is 5.32 Å². The summed E-state index contributed by atoms with van der Waals surface area (Å²) >= 11 is 5.91. The standard InChI is InChI=1S/C19H16ClFN2S2/c1-10-4-7-15-12(8-10)16-17(19(2,3)23-15)24-25-18(16)22-11-5-6-14(21)13(20)9-11/h4-9,23H,1-3H3. The van der Waals surface area contributed by atoms with Gasteiger partial charge in [0, 0.05) is 16.8 Å². The maximum absolute atomic E-state index is 13.4. The number of halogens is 2. The highest BCUT2D eigenvalue weighted by atomic mass is 35.5. The van der Waals surface area contributed by atoms with Crippen LogP contribution < -0.4 is 9.99 Å². The summed E-state index contributed by atoms with van der Waals surface area (Å²) in [6, 6.07) is 11.0. The Balaban J connectivity index is 1.98. The van der Waals surface area contributed by atoms with Gasteiger partial charge in [0.05, 0.1) is 21.1 Å². The number of hydrogen-bond donors (Lipinski definition) is 1. The van der Waals surface area contributed by atoms with Gasteiger partial charge in [-0.05, 0) is 51.1 Å². The molecule has 2 nitrogen and oxygen atoms in total. The van der Waals surface area contributed by atoms with Crippen LogP contribution in [0.2, 0.25) is 5.02 Å². The van der Waals surface area contributed by atoms with Gasteiger partial charge in [0.1, 0.15) is 10.5 Å². The molecule has 6 heteroatoms. The molecule has 4 rings (SSSR count). The summed E-state index contributed by atoms with van der Waals surface area (Å²) in [6.45, 7) is 6.44. The van der Waals surface area contributed by atoms with Gasteiger partial charge in [-0.1, -0.05) is 43.9 Å². The molecule has 128 valence electrons. The average Bonchev–Trinajstić information content (AvgIpc) is 2.97. The lowest BCUT2D eigenvalue weighted by atomic mass is 9.89. The number of nitrogens with one attached hydrogen (secondary N) is 1. The Labute approximate surface area is 158 Å². The summed E-state index contributed by atoms with van der Waals surface area (Å²) < 4.78 is 14.4. The number of aryl methyl sites for hydroxylation is 1. The van der Waals surface area contributed by atoms with Gasteiger partial charge in [0.15, 0.2) is 0 Å². The largest absolute Gasteiger partial charge is 0.375 e. The van der Waals surface area contributed by atoms with Crippen LogP contribution in [0.1, 0.15) is 24.3 Å². The van der Waals surface area contributed by atoms with Crippen molar-refractivity contribution in [3.05, 3.63) is 62.3 Å². The van der Waals surface area contributed by atoms with Crippen LogP contribution in [0.5, 0.6) is 0 Å². The maximum atomic E-state index is 13.4. The Kier molecular flexibility index (Phi) is 3.98. The molecule has 0 aliphatic carbocycles. The molecule has 25 heavy (non-hydrogen) atoms. The first-order valence-electron chi connectivity index (χ1n) is 7.88. The fourth-order valence-corrected chi connectivity index (χ4v) is 6.14. The van der Waals surface area contributed by atoms with Crippen LogP contribution in [0.3, 0.4) is 0 Å². The van der Waals surface area contributed by atoms with E-state index in [9.17, 15) is 4.39 Å². The summed E-state index contributed by atoms with van der Waals surface area (Å²) in [6.07, 6.45) is 0. The van der Waals surface area contributed by atoms with E-state index < -0.39 is 5.82 Å². The quantitative estimate of drug-likeness (QED) is 0.473. The van der Waals surface area contributed by atoms with Crippen molar-refractivity contribution >= 4 is 43.7 Å². The predicted molar refractivity (Wildman–Crippen MR) is 106 cm³/mol. The zero-order valence-corrected chi connectivity index (χ0v) is 16.4. The Morgan fingerprint density at radius 2 is 1.92 bits per heavy atom. The van der Waals surface area contributed by atoms with Crippen molar-refractivity contribution in [2.75, 3.05) is 5.32 Å². The van der Waals surface area contributed by atoms with Crippen LogP contribution in [0.15, 0.2) is 41.4 Å². The summed E-state index contributed by atoms with van der Waals surface area (Å²) in [7, 11) is 3.37. The van der Waals surface area contributed by atoms with E-state index in [1.54, 1.807) is 32.8 Å². The highest BCUT2D eigenvalue weighted by Gasteiger charge is 2.33. The molecule has 0 bridgehead atoms. The molecule has 0 radical (unpaired) electrons. The SMILES string of the molecule is Cc1ccc2c(c1)-c1c(ssc1=Nc1ccc(F)c(Cl)c1)C(C)(C)N2. The van der Waals surface area contributed by atoms with Crippen molar-refractivity contribution in [3.63, 3.8) is 0 Å². The predicted octanol–water partition coefficient (Wildman–Crippen LogP) is 6.47. The highest BCUT2D eigenvalue weighted by molar-refractivity contribution is 7.68. The van der Waals surface area contributed by atoms with Crippen LogP contribution in [-0.4, -0.2) is 0 Å². The van der Waals surface area contributed by atoms with Gasteiger partial charge in [-0.2, -0.15) is 0 Å². The summed E-state index contributed by atoms with van der Waals surface area (Å²) in [5.74, 6) is -0.428. The molecule has 0 fully saturated rings. The van der Waals surface area contributed by atoms with Crippen molar-refractivity contribution in [3.8, 4) is 11.1 Å². The topological polar surface area (TPSA) is 24.4 Å². The molecule has 2 aromatic carbocycles. The molecule has 1 aliphatic heterocycles. The first-order valence-corrected chi connectivity index (χ1v) is 10.4. The lowest BCUT2D eigenvalue weighted by Gasteiger charge is -2.33. The molecule has 2 heterocycles. The van der Waals surface area contributed by atoms with Crippen molar-refractivity contribution in [1.82, 2.24) is 0 Å². The second-order valence-electron chi connectivity index (χ2n) is 6.69. The van der Waals surface area contributed by atoms with E-state index >= 15 is 0 Å². The van der Waals surface area contributed by atoms with E-state index in [-0.39, 0.29) is 10.6 Å². The minimum absolute atomic E-state index is 0.0913.